The molecule has 0 saturated carbocycles. The minimum absolute atomic E-state index is 0.00240. The molecule has 2 bridgehead atoms. The van der Waals surface area contributed by atoms with Gasteiger partial charge in [0.1, 0.15) is 5.75 Å². The second-order valence-electron chi connectivity index (χ2n) is 7.23. The number of nitrogens with zero attached hydrogens (tertiary/aromatic N) is 2. The van der Waals surface area contributed by atoms with Crippen LogP contribution in [0.15, 0.2) is 48.8 Å². The van der Waals surface area contributed by atoms with Gasteiger partial charge >= 0.3 is 0 Å². The molecule has 26 heavy (non-hydrogen) atoms. The number of fused-ring (bicyclic) bond motifs is 3. The number of amides is 1. The first-order valence-corrected chi connectivity index (χ1v) is 9.32. The molecule has 3 fully saturated rings. The number of pyridine rings is 1. The molecule has 5 rings (SSSR count). The zero-order valence-corrected chi connectivity index (χ0v) is 15.1. The van der Waals surface area contributed by atoms with Crippen molar-refractivity contribution in [3.8, 4) is 5.75 Å². The smallest absolute Gasteiger partial charge is 0.251 e. The lowest BCUT2D eigenvalue weighted by atomic mass is 9.76. The Balaban J connectivity index is 1.51. The van der Waals surface area contributed by atoms with Crippen molar-refractivity contribution >= 4 is 5.91 Å². The Kier molecular flexibility index (Phi) is 4.89. The summed E-state index contributed by atoms with van der Waals surface area (Å²) in [6.45, 7) is 2.26. The highest BCUT2D eigenvalue weighted by Gasteiger charge is 2.42. The molecule has 1 amide bonds. The van der Waals surface area contributed by atoms with Gasteiger partial charge in [-0.25, -0.2) is 0 Å². The third-order valence-electron chi connectivity index (χ3n) is 5.78. The monoisotopic (exact) mass is 351 g/mol. The minimum atomic E-state index is 0.00240. The van der Waals surface area contributed by atoms with E-state index in [0.717, 1.165) is 38.1 Å². The van der Waals surface area contributed by atoms with Gasteiger partial charge in [-0.2, -0.15) is 0 Å². The molecule has 5 heteroatoms. The van der Waals surface area contributed by atoms with Crippen LogP contribution < -0.4 is 10.1 Å². The lowest BCUT2D eigenvalue weighted by Crippen LogP contribution is -2.64. The molecule has 0 radical (unpaired) electrons. The number of hydrogen-bond donors (Lipinski definition) is 1. The van der Waals surface area contributed by atoms with Crippen molar-refractivity contribution in [3.63, 3.8) is 0 Å². The molecule has 2 atom stereocenters. The predicted octanol–water partition coefficient (Wildman–Crippen LogP) is 2.53. The van der Waals surface area contributed by atoms with E-state index in [-0.39, 0.29) is 11.9 Å². The number of ether oxygens (including phenoxy) is 1. The number of aromatic nitrogens is 1. The van der Waals surface area contributed by atoms with E-state index in [4.69, 9.17) is 4.74 Å². The molecule has 3 aliphatic heterocycles. The van der Waals surface area contributed by atoms with Crippen molar-refractivity contribution in [1.82, 2.24) is 15.2 Å². The quantitative estimate of drug-likeness (QED) is 0.899. The van der Waals surface area contributed by atoms with E-state index in [9.17, 15) is 4.79 Å². The maximum atomic E-state index is 12.8. The van der Waals surface area contributed by atoms with E-state index in [1.807, 2.05) is 36.5 Å². The van der Waals surface area contributed by atoms with Gasteiger partial charge in [-0.3, -0.25) is 14.7 Å². The summed E-state index contributed by atoms with van der Waals surface area (Å²) < 4.78 is 5.18. The van der Waals surface area contributed by atoms with Gasteiger partial charge in [-0.05, 0) is 74.2 Å². The molecular formula is C21H25N3O2. The molecule has 1 aromatic carbocycles. The number of rotatable bonds is 5. The summed E-state index contributed by atoms with van der Waals surface area (Å²) in [6.07, 6.45) is 7.00. The summed E-state index contributed by atoms with van der Waals surface area (Å²) in [6, 6.07) is 11.9. The number of nitrogens with one attached hydrogen (secondary N) is 1. The van der Waals surface area contributed by atoms with E-state index in [2.05, 4.69) is 21.3 Å². The van der Waals surface area contributed by atoms with Crippen LogP contribution >= 0.6 is 0 Å². The first-order valence-electron chi connectivity index (χ1n) is 9.32. The van der Waals surface area contributed by atoms with Crippen LogP contribution in [0, 0.1) is 5.92 Å². The lowest BCUT2D eigenvalue weighted by Gasteiger charge is -2.51. The average molecular weight is 351 g/mol. The van der Waals surface area contributed by atoms with Crippen molar-refractivity contribution in [2.75, 3.05) is 20.2 Å². The van der Waals surface area contributed by atoms with Crippen LogP contribution in [0.4, 0.5) is 0 Å². The second-order valence-corrected chi connectivity index (χ2v) is 7.23. The molecule has 4 heterocycles. The van der Waals surface area contributed by atoms with Gasteiger partial charge in [0.15, 0.2) is 0 Å². The van der Waals surface area contributed by atoms with Crippen molar-refractivity contribution in [2.24, 2.45) is 5.92 Å². The van der Waals surface area contributed by atoms with Gasteiger partial charge < -0.3 is 10.1 Å². The van der Waals surface area contributed by atoms with Crippen LogP contribution in [-0.4, -0.2) is 48.1 Å². The first kappa shape index (κ1) is 17.0. The Morgan fingerprint density at radius 2 is 2.00 bits per heavy atom. The SMILES string of the molecule is COc1ccc(C(=O)N[C@@H]2C3CCN(CC3)[C@H]2Cc2cccnc2)cc1. The van der Waals surface area contributed by atoms with Crippen molar-refractivity contribution in [3.05, 3.63) is 59.9 Å². The standard InChI is InChI=1S/C21H25N3O2/c1-26-18-6-4-17(5-7-18)21(25)23-20-16-8-11-24(12-9-16)19(20)13-15-3-2-10-22-14-15/h2-7,10,14,16,19-20H,8-9,11-13H2,1H3,(H,23,25)/t19-,20+/m0/s1. The molecule has 0 spiro atoms. The van der Waals surface area contributed by atoms with Crippen molar-refractivity contribution < 1.29 is 9.53 Å². The topological polar surface area (TPSA) is 54.5 Å². The van der Waals surface area contributed by atoms with Gasteiger partial charge in [0.25, 0.3) is 5.91 Å². The van der Waals surface area contributed by atoms with Gasteiger partial charge in [-0.1, -0.05) is 6.07 Å². The highest BCUT2D eigenvalue weighted by atomic mass is 16.5. The van der Waals surface area contributed by atoms with Crippen LogP contribution in [-0.2, 0) is 6.42 Å². The molecule has 136 valence electrons. The van der Waals surface area contributed by atoms with E-state index in [1.165, 1.54) is 5.56 Å². The van der Waals surface area contributed by atoms with Crippen molar-refractivity contribution in [1.29, 1.82) is 0 Å². The van der Waals surface area contributed by atoms with Gasteiger partial charge in [0.2, 0.25) is 0 Å². The van der Waals surface area contributed by atoms with E-state index >= 15 is 0 Å². The van der Waals surface area contributed by atoms with Crippen LogP contribution in [0.25, 0.3) is 0 Å². The lowest BCUT2D eigenvalue weighted by molar-refractivity contribution is 0.0136. The molecular weight excluding hydrogens is 326 g/mol. The molecule has 5 nitrogen and oxygen atoms in total. The number of piperidine rings is 3. The fourth-order valence-corrected chi connectivity index (χ4v) is 4.36. The molecule has 0 unspecified atom stereocenters. The minimum Gasteiger partial charge on any atom is -0.497 e. The zero-order chi connectivity index (χ0) is 17.9. The summed E-state index contributed by atoms with van der Waals surface area (Å²) in [5.74, 6) is 1.32. The fraction of sp³-hybridized carbons (Fsp3) is 0.429. The number of hydrogen-bond acceptors (Lipinski definition) is 4. The maximum absolute atomic E-state index is 12.8. The summed E-state index contributed by atoms with van der Waals surface area (Å²) in [5, 5.41) is 3.33. The number of methoxy groups -OCH3 is 1. The maximum Gasteiger partial charge on any atom is 0.251 e. The summed E-state index contributed by atoms with van der Waals surface area (Å²) >= 11 is 0. The molecule has 3 aliphatic rings. The average Bonchev–Trinajstić information content (AvgIpc) is 2.71. The molecule has 3 saturated heterocycles. The molecule has 1 N–H and O–H groups in total. The van der Waals surface area contributed by atoms with Gasteiger partial charge in [0, 0.05) is 30.0 Å². The number of carbonyl (C=O) groups is 1. The predicted molar refractivity (Wildman–Crippen MR) is 100 cm³/mol. The Labute approximate surface area is 154 Å². The summed E-state index contributed by atoms with van der Waals surface area (Å²) in [7, 11) is 1.63. The molecule has 1 aromatic heterocycles. The number of carbonyl (C=O) groups excluding carboxylic acids is 1. The Hall–Kier alpha value is -2.40. The van der Waals surface area contributed by atoms with E-state index in [0.29, 0.717) is 17.5 Å². The fourth-order valence-electron chi connectivity index (χ4n) is 4.36. The highest BCUT2D eigenvalue weighted by Crippen LogP contribution is 2.34. The first-order chi connectivity index (χ1) is 12.7. The van der Waals surface area contributed by atoms with E-state index in [1.54, 1.807) is 13.3 Å². The highest BCUT2D eigenvalue weighted by molar-refractivity contribution is 5.94. The van der Waals surface area contributed by atoms with Crippen LogP contribution in [0.3, 0.4) is 0 Å². The molecule has 0 aliphatic carbocycles. The van der Waals surface area contributed by atoms with E-state index < -0.39 is 0 Å². The van der Waals surface area contributed by atoms with Crippen LogP contribution in [0.2, 0.25) is 0 Å². The Morgan fingerprint density at radius 1 is 1.23 bits per heavy atom. The Morgan fingerprint density at radius 3 is 2.65 bits per heavy atom. The summed E-state index contributed by atoms with van der Waals surface area (Å²) in [4.78, 5) is 19.6. The van der Waals surface area contributed by atoms with Crippen LogP contribution in [0.5, 0.6) is 5.75 Å². The van der Waals surface area contributed by atoms with Crippen LogP contribution in [0.1, 0.15) is 28.8 Å². The Bertz CT molecular complexity index is 740. The van der Waals surface area contributed by atoms with Gasteiger partial charge in [-0.15, -0.1) is 0 Å². The van der Waals surface area contributed by atoms with Gasteiger partial charge in [0.05, 0.1) is 7.11 Å². The third kappa shape index (κ3) is 3.44. The second kappa shape index (κ2) is 7.46. The summed E-state index contributed by atoms with van der Waals surface area (Å²) in [5.41, 5.74) is 1.91. The largest absolute Gasteiger partial charge is 0.497 e. The normalized spacial score (nSPS) is 27.1. The van der Waals surface area contributed by atoms with Crippen molar-refractivity contribution in [2.45, 2.75) is 31.3 Å². The molecule has 2 aromatic rings. The zero-order valence-electron chi connectivity index (χ0n) is 15.1. The third-order valence-corrected chi connectivity index (χ3v) is 5.78. The number of benzene rings is 1.